The maximum absolute atomic E-state index is 15.6. The lowest BCUT2D eigenvalue weighted by Crippen LogP contribution is -2.45. The van der Waals surface area contributed by atoms with Gasteiger partial charge in [-0.25, -0.2) is 13.6 Å². The number of nitrogens with zero attached hydrogens (tertiary/aromatic N) is 1. The van der Waals surface area contributed by atoms with Gasteiger partial charge in [0.15, 0.2) is 0 Å². The van der Waals surface area contributed by atoms with Gasteiger partial charge in [-0.05, 0) is 85.8 Å². The van der Waals surface area contributed by atoms with Crippen molar-refractivity contribution in [1.29, 1.82) is 0 Å². The quantitative estimate of drug-likeness (QED) is 0.463. The molecule has 2 heterocycles. The summed E-state index contributed by atoms with van der Waals surface area (Å²) in [4.78, 5) is 16.7. The molecule has 0 radical (unpaired) electrons. The molecule has 0 unspecified atom stereocenters. The van der Waals surface area contributed by atoms with Crippen molar-refractivity contribution in [1.82, 2.24) is 9.88 Å². The largest absolute Gasteiger partial charge is 0.478 e. The fourth-order valence-corrected chi connectivity index (χ4v) is 6.71. The number of hydrogen-bond acceptors (Lipinski definition) is 2. The van der Waals surface area contributed by atoms with Crippen LogP contribution in [0.4, 0.5) is 8.78 Å². The van der Waals surface area contributed by atoms with Gasteiger partial charge in [0.2, 0.25) is 0 Å². The van der Waals surface area contributed by atoms with E-state index < -0.39 is 23.6 Å². The molecule has 2 aromatic carbocycles. The number of para-hydroxylation sites is 1. The first kappa shape index (κ1) is 21.5. The van der Waals surface area contributed by atoms with E-state index in [9.17, 15) is 4.79 Å². The number of carboxylic acid groups (broad SMARTS) is 1. The second kappa shape index (κ2) is 8.05. The monoisotopic (exact) mass is 462 g/mol. The molecule has 6 heteroatoms. The smallest absolute Gasteiger partial charge is 0.328 e. The summed E-state index contributed by atoms with van der Waals surface area (Å²) in [5, 5.41) is 10.00. The van der Waals surface area contributed by atoms with Crippen molar-refractivity contribution in [3.05, 3.63) is 76.5 Å². The molecule has 1 aromatic heterocycles. The number of carbonyl (C=O) groups is 1. The second-order valence-corrected chi connectivity index (χ2v) is 10.4. The van der Waals surface area contributed by atoms with Crippen molar-refractivity contribution in [2.75, 3.05) is 6.54 Å². The van der Waals surface area contributed by atoms with E-state index in [1.807, 2.05) is 18.2 Å². The van der Waals surface area contributed by atoms with Gasteiger partial charge < -0.3 is 10.1 Å². The molecule has 1 aliphatic heterocycles. The molecule has 3 atom stereocenters. The van der Waals surface area contributed by atoms with E-state index in [1.54, 1.807) is 0 Å². The van der Waals surface area contributed by atoms with E-state index in [1.165, 1.54) is 37.5 Å². The number of hydrogen-bond donors (Lipinski definition) is 2. The molecule has 4 aliphatic rings. The van der Waals surface area contributed by atoms with Gasteiger partial charge in [0.25, 0.3) is 0 Å². The highest BCUT2D eigenvalue weighted by molar-refractivity contribution is 5.86. The molecular weight excluding hydrogens is 434 g/mol. The van der Waals surface area contributed by atoms with E-state index in [2.05, 4.69) is 22.9 Å². The van der Waals surface area contributed by atoms with Gasteiger partial charge in [0.05, 0.1) is 6.04 Å². The minimum absolute atomic E-state index is 0.0391. The predicted octanol–water partition coefficient (Wildman–Crippen LogP) is 5.93. The molecule has 2 bridgehead atoms. The Morgan fingerprint density at radius 1 is 1.18 bits per heavy atom. The molecule has 34 heavy (non-hydrogen) atoms. The fourth-order valence-electron chi connectivity index (χ4n) is 6.71. The van der Waals surface area contributed by atoms with Crippen molar-refractivity contribution in [2.24, 2.45) is 17.8 Å². The van der Waals surface area contributed by atoms with Gasteiger partial charge in [0, 0.05) is 40.8 Å². The highest BCUT2D eigenvalue weighted by atomic mass is 19.1. The van der Waals surface area contributed by atoms with E-state index in [-0.39, 0.29) is 17.2 Å². The van der Waals surface area contributed by atoms with Crippen LogP contribution in [0.15, 0.2) is 42.5 Å². The summed E-state index contributed by atoms with van der Waals surface area (Å²) in [7, 11) is 0. The summed E-state index contributed by atoms with van der Waals surface area (Å²) in [6, 6.07) is 10.1. The van der Waals surface area contributed by atoms with Crippen molar-refractivity contribution in [2.45, 2.75) is 44.7 Å². The number of benzene rings is 2. The van der Waals surface area contributed by atoms with Crippen LogP contribution in [-0.2, 0) is 11.2 Å². The van der Waals surface area contributed by atoms with Gasteiger partial charge in [-0.1, -0.05) is 18.2 Å². The number of aromatic amines is 1. The van der Waals surface area contributed by atoms with Gasteiger partial charge >= 0.3 is 5.97 Å². The van der Waals surface area contributed by atoms with Crippen molar-refractivity contribution in [3.63, 3.8) is 0 Å². The summed E-state index contributed by atoms with van der Waals surface area (Å²) in [6.07, 6.45) is 6.75. The molecule has 3 saturated carbocycles. The van der Waals surface area contributed by atoms with Gasteiger partial charge in [-0.15, -0.1) is 0 Å². The average Bonchev–Trinajstić information content (AvgIpc) is 3.45. The maximum Gasteiger partial charge on any atom is 0.328 e. The first-order valence-electron chi connectivity index (χ1n) is 12.1. The molecule has 3 aromatic rings. The number of H-pyrrole nitrogens is 1. The van der Waals surface area contributed by atoms with Crippen LogP contribution in [0, 0.1) is 29.4 Å². The average molecular weight is 463 g/mol. The minimum atomic E-state index is -1.16. The van der Waals surface area contributed by atoms with Crippen LogP contribution in [0.25, 0.3) is 17.0 Å². The van der Waals surface area contributed by atoms with Crippen LogP contribution in [0.2, 0.25) is 0 Å². The fraction of sp³-hybridized carbons (Fsp3) is 0.393. The molecule has 2 N–H and O–H groups in total. The number of fused-ring (bicyclic) bond motifs is 4. The van der Waals surface area contributed by atoms with E-state index in [0.29, 0.717) is 5.92 Å². The van der Waals surface area contributed by atoms with E-state index >= 15 is 8.78 Å². The Morgan fingerprint density at radius 3 is 2.59 bits per heavy atom. The van der Waals surface area contributed by atoms with Crippen molar-refractivity contribution < 1.29 is 18.7 Å². The Labute approximate surface area is 197 Å². The van der Waals surface area contributed by atoms with Crippen LogP contribution in [-0.4, -0.2) is 33.5 Å². The van der Waals surface area contributed by atoms with Gasteiger partial charge in [-0.3, -0.25) is 4.90 Å². The third-order valence-electron chi connectivity index (χ3n) is 8.33. The standard InChI is InChI=1S/C28H28F2N2O2/c1-15-8-21-20-4-2-3-5-24(20)31-27(21)28(32(15)14-19-11-17-9-18(19)10-17)26-22(29)12-16(13-23(26)30)6-7-25(33)34/h2-7,12-13,15,17-19,28,31H,8-11,14H2,1H3,(H,33,34)/b7-6+/t15-,17?,18?,19+,28-/m1/s1. The topological polar surface area (TPSA) is 56.3 Å². The van der Waals surface area contributed by atoms with Crippen molar-refractivity contribution >= 4 is 22.9 Å². The minimum Gasteiger partial charge on any atom is -0.478 e. The summed E-state index contributed by atoms with van der Waals surface area (Å²) in [5.41, 5.74) is 3.23. The number of carboxylic acids is 1. The lowest BCUT2D eigenvalue weighted by molar-refractivity contribution is -0.131. The second-order valence-electron chi connectivity index (χ2n) is 10.4. The van der Waals surface area contributed by atoms with Gasteiger partial charge in [-0.2, -0.15) is 0 Å². The highest BCUT2D eigenvalue weighted by Crippen LogP contribution is 2.54. The zero-order valence-corrected chi connectivity index (χ0v) is 19.1. The summed E-state index contributed by atoms with van der Waals surface area (Å²) in [5.74, 6) is -0.310. The first-order valence-corrected chi connectivity index (χ1v) is 12.1. The number of nitrogens with one attached hydrogen (secondary N) is 1. The molecule has 0 saturated heterocycles. The van der Waals surface area contributed by atoms with Crippen LogP contribution < -0.4 is 0 Å². The van der Waals surface area contributed by atoms with Gasteiger partial charge in [0.1, 0.15) is 11.6 Å². The highest BCUT2D eigenvalue weighted by Gasteiger charge is 2.47. The third kappa shape index (κ3) is 3.47. The molecule has 176 valence electrons. The molecule has 4 nitrogen and oxygen atoms in total. The number of halogens is 2. The Balaban J connectivity index is 1.48. The Morgan fingerprint density at radius 2 is 1.91 bits per heavy atom. The number of rotatable bonds is 5. The normalized spacial score (nSPS) is 28.4. The van der Waals surface area contributed by atoms with E-state index in [0.717, 1.165) is 53.0 Å². The van der Waals surface area contributed by atoms with Crippen LogP contribution in [0.1, 0.15) is 54.6 Å². The Bertz CT molecular complexity index is 1280. The number of aromatic nitrogens is 1. The summed E-state index contributed by atoms with van der Waals surface area (Å²) >= 11 is 0. The Hall–Kier alpha value is -2.99. The molecule has 7 rings (SSSR count). The van der Waals surface area contributed by atoms with Crippen LogP contribution in [0.5, 0.6) is 0 Å². The zero-order chi connectivity index (χ0) is 23.6. The Kier molecular flexibility index (Phi) is 5.10. The van der Waals surface area contributed by atoms with Crippen LogP contribution in [0.3, 0.4) is 0 Å². The molecule has 0 amide bonds. The molecular formula is C28H28F2N2O2. The third-order valence-corrected chi connectivity index (χ3v) is 8.33. The van der Waals surface area contributed by atoms with Crippen LogP contribution >= 0.6 is 0 Å². The number of aliphatic carboxylic acids is 1. The maximum atomic E-state index is 15.6. The van der Waals surface area contributed by atoms with Crippen molar-refractivity contribution in [3.8, 4) is 0 Å². The predicted molar refractivity (Wildman–Crippen MR) is 127 cm³/mol. The lowest BCUT2D eigenvalue weighted by Gasteiger charge is -2.43. The van der Waals surface area contributed by atoms with E-state index in [4.69, 9.17) is 5.11 Å². The first-order chi connectivity index (χ1) is 16.4. The zero-order valence-electron chi connectivity index (χ0n) is 19.1. The lowest BCUT2D eigenvalue weighted by atomic mass is 9.81. The molecule has 3 aliphatic carbocycles. The SMILES string of the molecule is C[C@@H]1Cc2c([nH]c3ccccc23)[C@@H](c2c(F)cc(/C=C/C(=O)O)cc2F)N1C[C@@H]1CC2CC1C2. The molecule has 3 fully saturated rings. The molecule has 0 spiro atoms. The summed E-state index contributed by atoms with van der Waals surface area (Å²) in [6.45, 7) is 3.00. The summed E-state index contributed by atoms with van der Waals surface area (Å²) < 4.78 is 31.2.